The summed E-state index contributed by atoms with van der Waals surface area (Å²) in [7, 11) is 0. The fourth-order valence-electron chi connectivity index (χ4n) is 1.58. The fraction of sp³-hybridized carbons (Fsp3) is 0.167. The maximum Gasteiger partial charge on any atom is 0.134 e. The molecule has 0 amide bonds. The number of hydrogen-bond acceptors (Lipinski definition) is 2. The van der Waals surface area contributed by atoms with Crippen molar-refractivity contribution in [1.82, 2.24) is 0 Å². The molecule has 4 heteroatoms. The van der Waals surface area contributed by atoms with E-state index in [2.05, 4.69) is 15.9 Å². The minimum atomic E-state index is -0.164. The Labute approximate surface area is 108 Å². The van der Waals surface area contributed by atoms with E-state index in [1.807, 2.05) is 30.3 Å². The molecule has 1 aromatic carbocycles. The smallest absolute Gasteiger partial charge is 0.134 e. The quantitative estimate of drug-likeness (QED) is 0.932. The van der Waals surface area contributed by atoms with E-state index >= 15 is 0 Å². The molecule has 16 heavy (non-hydrogen) atoms. The summed E-state index contributed by atoms with van der Waals surface area (Å²) in [6.45, 7) is 0. The molecule has 2 N–H and O–H groups in total. The predicted molar refractivity (Wildman–Crippen MR) is 68.5 cm³/mol. The second-order valence-corrected chi connectivity index (χ2v) is 4.86. The molecule has 2 nitrogen and oxygen atoms in total. The number of halogens is 2. The van der Waals surface area contributed by atoms with Gasteiger partial charge in [-0.1, -0.05) is 23.7 Å². The van der Waals surface area contributed by atoms with Crippen molar-refractivity contribution < 1.29 is 4.42 Å². The molecule has 0 aliphatic carbocycles. The van der Waals surface area contributed by atoms with Gasteiger partial charge in [0.05, 0.1) is 16.8 Å². The first-order valence-corrected chi connectivity index (χ1v) is 6.07. The summed E-state index contributed by atoms with van der Waals surface area (Å²) in [5.41, 5.74) is 7.16. The summed E-state index contributed by atoms with van der Waals surface area (Å²) in [4.78, 5) is 0. The van der Waals surface area contributed by atoms with Crippen LogP contribution in [-0.4, -0.2) is 0 Å². The molecule has 0 radical (unpaired) electrons. The standard InChI is InChI=1S/C12H11BrClNO/c13-10-4-5-16-12(10)11(15)7-8-2-1-3-9(14)6-8/h1-6,11H,7,15H2. The first-order chi connectivity index (χ1) is 7.66. The van der Waals surface area contributed by atoms with Gasteiger partial charge in [-0.15, -0.1) is 0 Å². The van der Waals surface area contributed by atoms with Gasteiger partial charge in [-0.05, 0) is 46.1 Å². The lowest BCUT2D eigenvalue weighted by Gasteiger charge is -2.09. The van der Waals surface area contributed by atoms with Crippen LogP contribution in [0.2, 0.25) is 5.02 Å². The fourth-order valence-corrected chi connectivity index (χ4v) is 2.29. The minimum Gasteiger partial charge on any atom is -0.466 e. The second-order valence-electron chi connectivity index (χ2n) is 3.57. The number of furan rings is 1. The minimum absolute atomic E-state index is 0.164. The van der Waals surface area contributed by atoms with Crippen LogP contribution >= 0.6 is 27.5 Å². The van der Waals surface area contributed by atoms with Gasteiger partial charge in [0.2, 0.25) is 0 Å². The highest BCUT2D eigenvalue weighted by molar-refractivity contribution is 9.10. The Bertz CT molecular complexity index is 483. The van der Waals surface area contributed by atoms with Gasteiger partial charge in [-0.25, -0.2) is 0 Å². The first kappa shape index (κ1) is 11.7. The largest absolute Gasteiger partial charge is 0.466 e. The molecule has 0 bridgehead atoms. The van der Waals surface area contributed by atoms with E-state index in [4.69, 9.17) is 21.8 Å². The maximum absolute atomic E-state index is 6.06. The van der Waals surface area contributed by atoms with Crippen LogP contribution in [0.4, 0.5) is 0 Å². The second kappa shape index (κ2) is 5.04. The molecule has 0 spiro atoms. The van der Waals surface area contributed by atoms with Crippen LogP contribution in [0.1, 0.15) is 17.4 Å². The van der Waals surface area contributed by atoms with E-state index in [-0.39, 0.29) is 6.04 Å². The van der Waals surface area contributed by atoms with Gasteiger partial charge < -0.3 is 10.2 Å². The van der Waals surface area contributed by atoms with Crippen molar-refractivity contribution in [2.45, 2.75) is 12.5 Å². The van der Waals surface area contributed by atoms with Gasteiger partial charge in [-0.3, -0.25) is 0 Å². The average Bonchev–Trinajstić information content (AvgIpc) is 2.64. The Morgan fingerprint density at radius 3 is 2.81 bits per heavy atom. The molecule has 84 valence electrons. The van der Waals surface area contributed by atoms with Crippen molar-refractivity contribution in [2.24, 2.45) is 5.73 Å². The highest BCUT2D eigenvalue weighted by Gasteiger charge is 2.13. The molecule has 1 heterocycles. The highest BCUT2D eigenvalue weighted by Crippen LogP contribution is 2.26. The summed E-state index contributed by atoms with van der Waals surface area (Å²) in [6, 6.07) is 9.36. The summed E-state index contributed by atoms with van der Waals surface area (Å²) >= 11 is 9.31. The summed E-state index contributed by atoms with van der Waals surface area (Å²) < 4.78 is 6.23. The van der Waals surface area contributed by atoms with Crippen molar-refractivity contribution in [2.75, 3.05) is 0 Å². The number of benzene rings is 1. The number of nitrogens with two attached hydrogens (primary N) is 1. The Morgan fingerprint density at radius 1 is 1.38 bits per heavy atom. The first-order valence-electron chi connectivity index (χ1n) is 4.89. The zero-order chi connectivity index (χ0) is 11.5. The summed E-state index contributed by atoms with van der Waals surface area (Å²) in [5, 5.41) is 0.725. The lowest BCUT2D eigenvalue weighted by Crippen LogP contribution is -2.12. The van der Waals surface area contributed by atoms with Crippen molar-refractivity contribution >= 4 is 27.5 Å². The monoisotopic (exact) mass is 299 g/mol. The van der Waals surface area contributed by atoms with Crippen molar-refractivity contribution in [3.63, 3.8) is 0 Å². The van der Waals surface area contributed by atoms with E-state index in [0.717, 1.165) is 20.8 Å². The average molecular weight is 301 g/mol. The normalized spacial score (nSPS) is 12.7. The van der Waals surface area contributed by atoms with E-state index in [9.17, 15) is 0 Å². The van der Waals surface area contributed by atoms with Gasteiger partial charge in [0.15, 0.2) is 0 Å². The third-order valence-corrected chi connectivity index (χ3v) is 3.22. The van der Waals surface area contributed by atoms with Crippen LogP contribution in [0.25, 0.3) is 0 Å². The zero-order valence-electron chi connectivity index (χ0n) is 8.49. The third-order valence-electron chi connectivity index (χ3n) is 2.33. The van der Waals surface area contributed by atoms with Crippen LogP contribution in [-0.2, 0) is 6.42 Å². The molecule has 2 rings (SSSR count). The number of hydrogen-bond donors (Lipinski definition) is 1. The molecule has 0 aliphatic rings. The van der Waals surface area contributed by atoms with Crippen molar-refractivity contribution in [3.05, 3.63) is 57.4 Å². The molecule has 0 saturated carbocycles. The van der Waals surface area contributed by atoms with Gasteiger partial charge in [0, 0.05) is 5.02 Å². The van der Waals surface area contributed by atoms with Gasteiger partial charge in [-0.2, -0.15) is 0 Å². The zero-order valence-corrected chi connectivity index (χ0v) is 10.8. The van der Waals surface area contributed by atoms with Crippen molar-refractivity contribution in [3.8, 4) is 0 Å². The maximum atomic E-state index is 6.06. The Balaban J connectivity index is 2.14. The molecule has 0 fully saturated rings. The molecule has 1 aromatic heterocycles. The Hall–Kier alpha value is -0.770. The van der Waals surface area contributed by atoms with E-state index in [1.54, 1.807) is 6.26 Å². The van der Waals surface area contributed by atoms with Crippen molar-refractivity contribution in [1.29, 1.82) is 0 Å². The molecule has 1 unspecified atom stereocenters. The summed E-state index contributed by atoms with van der Waals surface area (Å²) in [6.07, 6.45) is 2.32. The Kier molecular flexibility index (Phi) is 3.69. The number of rotatable bonds is 3. The van der Waals surface area contributed by atoms with Crippen LogP contribution in [0.15, 0.2) is 45.5 Å². The Morgan fingerprint density at radius 2 is 2.19 bits per heavy atom. The van der Waals surface area contributed by atoms with E-state index in [0.29, 0.717) is 6.42 Å². The van der Waals surface area contributed by atoms with Gasteiger partial charge in [0.1, 0.15) is 5.76 Å². The molecule has 2 aromatic rings. The van der Waals surface area contributed by atoms with Gasteiger partial charge >= 0.3 is 0 Å². The predicted octanol–water partition coefficient (Wildman–Crippen LogP) is 3.94. The highest BCUT2D eigenvalue weighted by atomic mass is 79.9. The van der Waals surface area contributed by atoms with Crippen LogP contribution in [0.3, 0.4) is 0 Å². The topological polar surface area (TPSA) is 39.2 Å². The van der Waals surface area contributed by atoms with Crippen LogP contribution < -0.4 is 5.73 Å². The molecule has 1 atom stereocenters. The van der Waals surface area contributed by atoms with Crippen LogP contribution in [0, 0.1) is 0 Å². The summed E-state index contributed by atoms with van der Waals surface area (Å²) in [5.74, 6) is 0.764. The molecule has 0 aliphatic heterocycles. The van der Waals surface area contributed by atoms with Gasteiger partial charge in [0.25, 0.3) is 0 Å². The molecule has 0 saturated heterocycles. The lowest BCUT2D eigenvalue weighted by atomic mass is 10.1. The lowest BCUT2D eigenvalue weighted by molar-refractivity contribution is 0.462. The third kappa shape index (κ3) is 2.67. The van der Waals surface area contributed by atoms with E-state index in [1.165, 1.54) is 0 Å². The van der Waals surface area contributed by atoms with E-state index < -0.39 is 0 Å². The molecular weight excluding hydrogens is 289 g/mol. The van der Waals surface area contributed by atoms with Crippen LogP contribution in [0.5, 0.6) is 0 Å². The SMILES string of the molecule is NC(Cc1cccc(Cl)c1)c1occc1Br. The molecular formula is C12H11BrClNO.